The minimum Gasteiger partial charge on any atom is -0.479 e. The van der Waals surface area contributed by atoms with Gasteiger partial charge in [0.1, 0.15) is 0 Å². The number of carboxylic acids is 1. The van der Waals surface area contributed by atoms with E-state index in [2.05, 4.69) is 15.4 Å². The molecule has 1 saturated heterocycles. The molecule has 1 heterocycles. The Bertz CT molecular complexity index is 1000. The van der Waals surface area contributed by atoms with Crippen LogP contribution < -0.4 is 15.5 Å². The molecule has 3 N–H and O–H groups in total. The molecule has 10 heteroatoms. The van der Waals surface area contributed by atoms with Crippen molar-refractivity contribution in [2.75, 3.05) is 16.8 Å². The molecule has 1 aromatic rings. The van der Waals surface area contributed by atoms with Gasteiger partial charge in [0.05, 0.1) is 23.1 Å². The van der Waals surface area contributed by atoms with Gasteiger partial charge in [-0.05, 0) is 43.0 Å². The van der Waals surface area contributed by atoms with E-state index in [1.54, 1.807) is 30.3 Å². The minimum absolute atomic E-state index is 0.121. The lowest BCUT2D eigenvalue weighted by Gasteiger charge is -2.47. The number of aliphatic carboxylic acids is 1. The molecule has 4 amide bonds. The first-order chi connectivity index (χ1) is 14.7. The molecule has 0 spiro atoms. The Morgan fingerprint density at radius 1 is 1.19 bits per heavy atom. The summed E-state index contributed by atoms with van der Waals surface area (Å²) in [5.41, 5.74) is -0.206. The van der Waals surface area contributed by atoms with Crippen LogP contribution in [0.15, 0.2) is 36.4 Å². The Labute approximate surface area is 177 Å². The van der Waals surface area contributed by atoms with E-state index in [9.17, 15) is 24.0 Å². The van der Waals surface area contributed by atoms with Crippen molar-refractivity contribution in [1.82, 2.24) is 5.32 Å². The number of hydrogen-bond acceptors (Lipinski definition) is 6. The van der Waals surface area contributed by atoms with Crippen molar-refractivity contribution in [3.8, 4) is 0 Å². The zero-order valence-electron chi connectivity index (χ0n) is 16.7. The van der Waals surface area contributed by atoms with Gasteiger partial charge in [0.25, 0.3) is 0 Å². The normalized spacial score (nSPS) is 28.3. The molecule has 1 aliphatic heterocycles. The van der Waals surface area contributed by atoms with Crippen LogP contribution in [-0.4, -0.2) is 47.0 Å². The highest BCUT2D eigenvalue weighted by atomic mass is 16.6. The second-order valence-electron chi connectivity index (χ2n) is 7.94. The molecule has 0 aromatic heterocycles. The number of benzene rings is 1. The van der Waals surface area contributed by atoms with E-state index in [0.717, 1.165) is 4.90 Å². The molecule has 2 bridgehead atoms. The van der Waals surface area contributed by atoms with Crippen molar-refractivity contribution in [1.29, 1.82) is 0 Å². The number of allylic oxidation sites excluding steroid dienone is 1. The molecule has 31 heavy (non-hydrogen) atoms. The van der Waals surface area contributed by atoms with Crippen molar-refractivity contribution in [2.24, 2.45) is 17.8 Å². The Hall–Kier alpha value is -3.69. The predicted molar refractivity (Wildman–Crippen MR) is 107 cm³/mol. The van der Waals surface area contributed by atoms with Crippen molar-refractivity contribution in [2.45, 2.75) is 25.3 Å². The Kier molecular flexibility index (Phi) is 5.00. The van der Waals surface area contributed by atoms with Gasteiger partial charge >= 0.3 is 12.1 Å². The van der Waals surface area contributed by atoms with Gasteiger partial charge in [0, 0.05) is 12.6 Å². The number of carbonyl (C=O) groups is 5. The standard InChI is InChI=1S/C21H21N3O7/c1-11(25)22-13-2-4-14(5-3-13)24-18(28)16-12-6-8-21(9-7-12,17(16)19(24)29)23-20(30)31-10-15(26)27/h2-6,8,12,16-17H,7,9-10H2,1H3,(H,22,25)(H,23,30)(H,26,27)/t12-,16-,17+,21-/m1/s1. The molecule has 4 atom stereocenters. The number of carboxylic acid groups (broad SMARTS) is 1. The number of imide groups is 1. The van der Waals surface area contributed by atoms with Crippen molar-refractivity contribution >= 4 is 41.2 Å². The zero-order valence-corrected chi connectivity index (χ0v) is 16.7. The first-order valence-corrected chi connectivity index (χ1v) is 9.83. The predicted octanol–water partition coefficient (Wildman–Crippen LogP) is 1.28. The van der Waals surface area contributed by atoms with E-state index in [-0.39, 0.29) is 17.7 Å². The average molecular weight is 427 g/mol. The number of anilines is 2. The van der Waals surface area contributed by atoms with Gasteiger partial charge in [-0.1, -0.05) is 12.2 Å². The highest BCUT2D eigenvalue weighted by Gasteiger charge is 2.63. The molecule has 0 radical (unpaired) electrons. The number of ether oxygens (including phenoxy) is 1. The Balaban J connectivity index is 1.60. The lowest BCUT2D eigenvalue weighted by atomic mass is 9.59. The SMILES string of the molecule is CC(=O)Nc1ccc(N2C(=O)[C@@H]3[C@@H]4C=C[C@@](NC(=O)OCC(=O)O)(CC4)[C@@H]3C2=O)cc1. The fourth-order valence-corrected chi connectivity index (χ4v) is 4.79. The summed E-state index contributed by atoms with van der Waals surface area (Å²) in [5.74, 6) is -3.87. The van der Waals surface area contributed by atoms with Crippen LogP contribution in [0.1, 0.15) is 19.8 Å². The van der Waals surface area contributed by atoms with E-state index in [1.165, 1.54) is 6.92 Å². The van der Waals surface area contributed by atoms with Gasteiger partial charge < -0.3 is 20.5 Å². The van der Waals surface area contributed by atoms with Gasteiger partial charge in [-0.3, -0.25) is 14.4 Å². The molecule has 1 aromatic carbocycles. The molecule has 5 rings (SSSR count). The maximum absolute atomic E-state index is 13.4. The summed E-state index contributed by atoms with van der Waals surface area (Å²) in [7, 11) is 0. The summed E-state index contributed by atoms with van der Waals surface area (Å²) in [6.07, 6.45) is 3.64. The lowest BCUT2D eigenvalue weighted by Crippen LogP contribution is -2.61. The number of nitrogens with zero attached hydrogens (tertiary/aromatic N) is 1. The fraction of sp³-hybridized carbons (Fsp3) is 0.381. The monoisotopic (exact) mass is 427 g/mol. The van der Waals surface area contributed by atoms with Crippen LogP contribution in [0.4, 0.5) is 16.2 Å². The van der Waals surface area contributed by atoms with Gasteiger partial charge in [-0.15, -0.1) is 0 Å². The number of rotatable bonds is 5. The van der Waals surface area contributed by atoms with Crippen LogP contribution in [0.3, 0.4) is 0 Å². The number of amides is 4. The molecular weight excluding hydrogens is 406 g/mol. The second kappa shape index (κ2) is 7.53. The lowest BCUT2D eigenvalue weighted by molar-refractivity contribution is -0.140. The number of alkyl carbamates (subject to hydrolysis) is 1. The van der Waals surface area contributed by atoms with Crippen LogP contribution in [0, 0.1) is 17.8 Å². The van der Waals surface area contributed by atoms with Crippen molar-refractivity contribution in [3.05, 3.63) is 36.4 Å². The maximum atomic E-state index is 13.4. The highest BCUT2D eigenvalue weighted by Crippen LogP contribution is 2.52. The van der Waals surface area contributed by atoms with E-state index in [1.807, 2.05) is 6.08 Å². The first-order valence-electron chi connectivity index (χ1n) is 9.83. The van der Waals surface area contributed by atoms with Crippen molar-refractivity contribution in [3.63, 3.8) is 0 Å². The summed E-state index contributed by atoms with van der Waals surface area (Å²) in [6.45, 7) is 0.574. The van der Waals surface area contributed by atoms with E-state index < -0.39 is 42.0 Å². The second-order valence-corrected chi connectivity index (χ2v) is 7.94. The molecule has 3 aliphatic carbocycles. The quantitative estimate of drug-likeness (QED) is 0.475. The Morgan fingerprint density at radius 2 is 1.90 bits per heavy atom. The zero-order chi connectivity index (χ0) is 22.3. The number of fused-ring (bicyclic) bond motifs is 1. The molecule has 10 nitrogen and oxygen atoms in total. The largest absolute Gasteiger partial charge is 0.479 e. The minimum atomic E-state index is -1.30. The molecule has 4 aliphatic rings. The Morgan fingerprint density at radius 3 is 2.48 bits per heavy atom. The summed E-state index contributed by atoms with van der Waals surface area (Å²) in [5, 5.41) is 14.0. The highest BCUT2D eigenvalue weighted by molar-refractivity contribution is 6.23. The van der Waals surface area contributed by atoms with Gasteiger partial charge in [-0.25, -0.2) is 14.5 Å². The van der Waals surface area contributed by atoms with E-state index in [4.69, 9.17) is 5.11 Å². The third-order valence-electron chi connectivity index (χ3n) is 6.01. The maximum Gasteiger partial charge on any atom is 0.408 e. The van der Waals surface area contributed by atoms with Crippen LogP contribution in [-0.2, 0) is 23.9 Å². The molecule has 162 valence electrons. The topological polar surface area (TPSA) is 142 Å². The number of carbonyl (C=O) groups excluding carboxylic acids is 4. The molecule has 2 fully saturated rings. The van der Waals surface area contributed by atoms with Gasteiger partial charge in [0.15, 0.2) is 6.61 Å². The smallest absolute Gasteiger partial charge is 0.408 e. The van der Waals surface area contributed by atoms with Gasteiger partial charge in [-0.2, -0.15) is 0 Å². The van der Waals surface area contributed by atoms with E-state index in [0.29, 0.717) is 24.2 Å². The van der Waals surface area contributed by atoms with Gasteiger partial charge in [0.2, 0.25) is 17.7 Å². The van der Waals surface area contributed by atoms with Crippen LogP contribution in [0.5, 0.6) is 0 Å². The van der Waals surface area contributed by atoms with Crippen molar-refractivity contribution < 1.29 is 33.8 Å². The number of nitrogens with one attached hydrogen (secondary N) is 2. The average Bonchev–Trinajstić information content (AvgIpc) is 3.00. The molecular formula is C21H21N3O7. The summed E-state index contributed by atoms with van der Waals surface area (Å²) >= 11 is 0. The third-order valence-corrected chi connectivity index (χ3v) is 6.01. The van der Waals surface area contributed by atoms with Crippen LogP contribution in [0.25, 0.3) is 0 Å². The van der Waals surface area contributed by atoms with Crippen LogP contribution in [0.2, 0.25) is 0 Å². The fourth-order valence-electron chi connectivity index (χ4n) is 4.79. The molecule has 0 unspecified atom stereocenters. The summed E-state index contributed by atoms with van der Waals surface area (Å²) in [6, 6.07) is 6.36. The molecule has 1 saturated carbocycles. The first kappa shape index (κ1) is 20.6. The third kappa shape index (κ3) is 3.54. The number of hydrogen-bond donors (Lipinski definition) is 3. The summed E-state index contributed by atoms with van der Waals surface area (Å²) < 4.78 is 4.69. The van der Waals surface area contributed by atoms with Crippen LogP contribution >= 0.6 is 0 Å². The summed E-state index contributed by atoms with van der Waals surface area (Å²) in [4.78, 5) is 61.8. The van der Waals surface area contributed by atoms with E-state index >= 15 is 0 Å².